The van der Waals surface area contributed by atoms with Gasteiger partial charge in [0.25, 0.3) is 0 Å². The molecule has 132 valence electrons. The second-order valence-corrected chi connectivity index (χ2v) is 9.42. The van der Waals surface area contributed by atoms with Gasteiger partial charge in [-0.2, -0.15) is 4.79 Å². The van der Waals surface area contributed by atoms with Crippen LogP contribution in [0.25, 0.3) is 5.53 Å². The molecule has 0 saturated heterocycles. The highest BCUT2D eigenvalue weighted by Crippen LogP contribution is 2.66. The van der Waals surface area contributed by atoms with Crippen molar-refractivity contribution in [1.82, 2.24) is 0 Å². The molecule has 4 nitrogen and oxygen atoms in total. The van der Waals surface area contributed by atoms with Crippen LogP contribution in [0.15, 0.2) is 0 Å². The molecule has 0 spiro atoms. The lowest BCUT2D eigenvalue weighted by molar-refractivity contribution is -0.133. The van der Waals surface area contributed by atoms with E-state index in [9.17, 15) is 15.4 Å². The van der Waals surface area contributed by atoms with Gasteiger partial charge < -0.3 is 10.6 Å². The van der Waals surface area contributed by atoms with Gasteiger partial charge in [0.1, 0.15) is 0 Å². The molecule has 0 unspecified atom stereocenters. The molecule has 0 radical (unpaired) electrons. The van der Waals surface area contributed by atoms with E-state index in [0.717, 1.165) is 31.1 Å². The van der Waals surface area contributed by atoms with E-state index in [1.807, 2.05) is 0 Å². The number of rotatable bonds is 1. The van der Waals surface area contributed by atoms with Crippen LogP contribution in [0.2, 0.25) is 0 Å². The summed E-state index contributed by atoms with van der Waals surface area (Å²) in [7, 11) is 0. The van der Waals surface area contributed by atoms with Crippen LogP contribution in [0.5, 0.6) is 0 Å². The van der Waals surface area contributed by atoms with E-state index >= 15 is 0 Å². The minimum absolute atomic E-state index is 0.0558. The summed E-state index contributed by atoms with van der Waals surface area (Å²) < 4.78 is 0. The molecule has 4 rings (SSSR count). The summed E-state index contributed by atoms with van der Waals surface area (Å²) in [5.74, 6) is 2.74. The van der Waals surface area contributed by atoms with Gasteiger partial charge in [-0.15, -0.1) is 0 Å². The number of Topliss-reactive ketones (excluding diaryl/α,β-unsaturated/α-hetero) is 1. The number of carbonyl (C=O) groups excluding carboxylic acids is 1. The summed E-state index contributed by atoms with van der Waals surface area (Å²) >= 11 is 0. The van der Waals surface area contributed by atoms with Crippen LogP contribution in [-0.4, -0.2) is 28.0 Å². The minimum Gasteiger partial charge on any atom is -0.396 e. The molecule has 0 aliphatic heterocycles. The monoisotopic (exact) mass is 330 g/mol. The molecule has 7 atom stereocenters. The predicted octanol–water partition coefficient (Wildman–Crippen LogP) is 3.49. The lowest BCUT2D eigenvalue weighted by atomic mass is 9.44. The number of nitrogens with zero attached hydrogens (tertiary/aromatic N) is 2. The molecule has 0 bridgehead atoms. The first-order valence-electron chi connectivity index (χ1n) is 9.81. The zero-order valence-electron chi connectivity index (χ0n) is 15.0. The van der Waals surface area contributed by atoms with Gasteiger partial charge in [-0.25, -0.2) is 0 Å². The molecule has 0 aromatic rings. The summed E-state index contributed by atoms with van der Waals surface area (Å²) in [6.45, 7) is 5.11. The first-order valence-corrected chi connectivity index (χ1v) is 9.81. The highest BCUT2D eigenvalue weighted by Gasteiger charge is 2.62. The van der Waals surface area contributed by atoms with Gasteiger partial charge in [0.15, 0.2) is 0 Å². The Bertz CT molecular complexity index is 611. The summed E-state index contributed by atoms with van der Waals surface area (Å²) in [5, 5.41) is 9.82. The van der Waals surface area contributed by atoms with Crippen LogP contribution >= 0.6 is 0 Å². The normalized spacial score (nSPS) is 50.7. The molecule has 24 heavy (non-hydrogen) atoms. The van der Waals surface area contributed by atoms with Crippen LogP contribution in [0, 0.1) is 40.4 Å². The second-order valence-electron chi connectivity index (χ2n) is 9.42. The van der Waals surface area contributed by atoms with E-state index in [-0.39, 0.29) is 17.1 Å². The molecule has 1 N–H and O–H groups in total. The van der Waals surface area contributed by atoms with E-state index in [4.69, 9.17) is 0 Å². The van der Waals surface area contributed by atoms with Gasteiger partial charge in [0.05, 0.1) is 5.92 Å². The lowest BCUT2D eigenvalue weighted by Gasteiger charge is -2.59. The molecule has 0 amide bonds. The SMILES string of the molecule is C[C@]12CCC(=O)C(=[N+]=[N-])[C@H]1CC[C@@H]1[C@@H]2CC[C@]2(C)[C@H](CO)CC[C@@H]12. The number of carbonyl (C=O) groups is 1. The van der Waals surface area contributed by atoms with Crippen LogP contribution in [-0.2, 0) is 4.79 Å². The second kappa shape index (κ2) is 5.51. The largest absolute Gasteiger partial charge is 0.396 e. The first kappa shape index (κ1) is 16.5. The fourth-order valence-electron chi connectivity index (χ4n) is 7.50. The highest BCUT2D eigenvalue weighted by molar-refractivity contribution is 6.39. The van der Waals surface area contributed by atoms with Crippen molar-refractivity contribution >= 4 is 11.5 Å². The standard InChI is InChI=1S/C20H30N2O2/c1-19-9-7-15-13(14(19)5-3-12(19)11-23)4-6-16-18(22-21)17(24)8-10-20(15,16)2/h12-16,23H,3-11H2,1-2H3/t12-,13-,14-,15-,16+,19+,20+/m0/s1. The molecule has 4 aliphatic rings. The maximum Gasteiger partial charge on any atom is 0.337 e. The van der Waals surface area contributed by atoms with Crippen LogP contribution in [0.4, 0.5) is 0 Å². The Labute approximate surface area is 144 Å². The lowest BCUT2D eigenvalue weighted by Crippen LogP contribution is -2.56. The minimum atomic E-state index is 0.0558. The number of aliphatic hydroxyl groups is 1. The number of hydrogen-bond acceptors (Lipinski definition) is 2. The maximum absolute atomic E-state index is 12.2. The Kier molecular flexibility index (Phi) is 3.78. The van der Waals surface area contributed by atoms with Gasteiger partial charge in [-0.3, -0.25) is 4.79 Å². The molecule has 0 heterocycles. The van der Waals surface area contributed by atoms with Gasteiger partial charge in [0, 0.05) is 13.0 Å². The molecular weight excluding hydrogens is 300 g/mol. The van der Waals surface area contributed by atoms with Gasteiger partial charge in [0.2, 0.25) is 5.78 Å². The van der Waals surface area contributed by atoms with Crippen LogP contribution in [0.1, 0.15) is 65.2 Å². The van der Waals surface area contributed by atoms with E-state index in [2.05, 4.69) is 18.6 Å². The van der Waals surface area contributed by atoms with Crippen LogP contribution in [0.3, 0.4) is 0 Å². The molecule has 0 aromatic heterocycles. The van der Waals surface area contributed by atoms with Crippen molar-refractivity contribution in [3.05, 3.63) is 5.53 Å². The van der Waals surface area contributed by atoms with E-state index in [1.54, 1.807) is 0 Å². The number of fused-ring (bicyclic) bond motifs is 5. The zero-order valence-corrected chi connectivity index (χ0v) is 15.0. The molecule has 4 heteroatoms. The average molecular weight is 330 g/mol. The van der Waals surface area contributed by atoms with Crippen molar-refractivity contribution in [3.63, 3.8) is 0 Å². The smallest absolute Gasteiger partial charge is 0.337 e. The van der Waals surface area contributed by atoms with Gasteiger partial charge in [-0.1, -0.05) is 13.8 Å². The van der Waals surface area contributed by atoms with E-state index in [0.29, 0.717) is 36.0 Å². The van der Waals surface area contributed by atoms with Crippen molar-refractivity contribution in [2.45, 2.75) is 65.2 Å². The van der Waals surface area contributed by atoms with E-state index < -0.39 is 0 Å². The van der Waals surface area contributed by atoms with E-state index in [1.165, 1.54) is 25.7 Å². The Hall–Kier alpha value is -0.990. The fourth-order valence-corrected chi connectivity index (χ4v) is 7.50. The Balaban J connectivity index is 1.67. The van der Waals surface area contributed by atoms with Crippen molar-refractivity contribution in [2.75, 3.05) is 6.61 Å². The third-order valence-corrected chi connectivity index (χ3v) is 8.90. The Morgan fingerprint density at radius 1 is 1.08 bits per heavy atom. The summed E-state index contributed by atoms with van der Waals surface area (Å²) in [6, 6.07) is 0. The van der Waals surface area contributed by atoms with Crippen LogP contribution < -0.4 is 0 Å². The zero-order chi connectivity index (χ0) is 17.1. The van der Waals surface area contributed by atoms with Gasteiger partial charge in [-0.05, 0) is 79.4 Å². The van der Waals surface area contributed by atoms with Crippen molar-refractivity contribution < 1.29 is 14.7 Å². The quantitative estimate of drug-likeness (QED) is 0.590. The Morgan fingerprint density at radius 2 is 1.83 bits per heavy atom. The number of aliphatic hydroxyl groups excluding tert-OH is 1. The number of hydrogen-bond donors (Lipinski definition) is 1. The summed E-state index contributed by atoms with van der Waals surface area (Å²) in [6.07, 6.45) is 8.45. The maximum atomic E-state index is 12.2. The molecule has 4 aliphatic carbocycles. The molecule has 0 aromatic carbocycles. The Morgan fingerprint density at radius 3 is 2.54 bits per heavy atom. The average Bonchev–Trinajstić information content (AvgIpc) is 2.91. The highest BCUT2D eigenvalue weighted by atomic mass is 16.3. The first-order chi connectivity index (χ1) is 11.5. The summed E-state index contributed by atoms with van der Waals surface area (Å²) in [4.78, 5) is 15.6. The molecular formula is C20H30N2O2. The van der Waals surface area contributed by atoms with Crippen molar-refractivity contribution in [3.8, 4) is 0 Å². The predicted molar refractivity (Wildman–Crippen MR) is 91.3 cm³/mol. The topological polar surface area (TPSA) is 73.7 Å². The van der Waals surface area contributed by atoms with Crippen molar-refractivity contribution in [2.24, 2.45) is 40.4 Å². The molecule has 4 saturated carbocycles. The summed E-state index contributed by atoms with van der Waals surface area (Å²) in [5.41, 5.74) is 10.3. The third kappa shape index (κ3) is 1.99. The molecule has 4 fully saturated rings. The number of ketones is 1. The third-order valence-electron chi connectivity index (χ3n) is 8.90. The van der Waals surface area contributed by atoms with Gasteiger partial charge >= 0.3 is 5.71 Å². The van der Waals surface area contributed by atoms with Crippen molar-refractivity contribution in [1.29, 1.82) is 0 Å². The fraction of sp³-hybridized carbons (Fsp3) is 0.900.